The third kappa shape index (κ3) is 1.81. The van der Waals surface area contributed by atoms with E-state index in [0.29, 0.717) is 0 Å². The van der Waals surface area contributed by atoms with Crippen molar-refractivity contribution in [1.29, 1.82) is 0 Å². The van der Waals surface area contributed by atoms with Crippen LogP contribution < -0.4 is 5.73 Å². The topological polar surface area (TPSA) is 23.8 Å². The zero-order valence-corrected chi connectivity index (χ0v) is 7.09. The molecular weight excluding hydrogens is 134 g/mol. The van der Waals surface area contributed by atoms with Crippen LogP contribution >= 0.6 is 0 Å². The fourth-order valence-electron chi connectivity index (χ4n) is 1.28. The first kappa shape index (κ1) is 8.28. The smallest absolute Gasteiger partial charge is 0.0437 e. The molecule has 1 heteroatoms. The van der Waals surface area contributed by atoms with E-state index >= 15 is 0 Å². The van der Waals surface area contributed by atoms with E-state index in [4.69, 9.17) is 5.73 Å². The molecule has 0 spiro atoms. The van der Waals surface area contributed by atoms with Crippen LogP contribution in [0.5, 0.6) is 0 Å². The molecule has 0 bridgehead atoms. The van der Waals surface area contributed by atoms with Gasteiger partial charge in [0.1, 0.15) is 0 Å². The Hall–Kier alpha value is -0.820. The molecule has 0 saturated carbocycles. The van der Waals surface area contributed by atoms with Crippen LogP contribution in [0.25, 0.3) is 0 Å². The van der Waals surface area contributed by atoms with E-state index < -0.39 is 0 Å². The largest absolute Gasteiger partial charge is 0.250 e. The van der Waals surface area contributed by atoms with Gasteiger partial charge in [0, 0.05) is 6.04 Å². The van der Waals surface area contributed by atoms with Gasteiger partial charge in [0.15, 0.2) is 0 Å². The van der Waals surface area contributed by atoms with Gasteiger partial charge in [0.25, 0.3) is 0 Å². The minimum absolute atomic E-state index is 0.0915. The normalized spacial score (nSPS) is 13.0. The van der Waals surface area contributed by atoms with Crippen molar-refractivity contribution in [3.63, 3.8) is 0 Å². The molecule has 0 heterocycles. The maximum absolute atomic E-state index is 7.56. The molecule has 59 valence electrons. The first-order valence-electron chi connectivity index (χ1n) is 4.04. The van der Waals surface area contributed by atoms with Gasteiger partial charge in [-0.15, -0.1) is 0 Å². The minimum atomic E-state index is -0.0915. The molecule has 1 rings (SSSR count). The third-order valence-corrected chi connectivity index (χ3v) is 1.90. The van der Waals surface area contributed by atoms with E-state index in [1.807, 2.05) is 25.1 Å². The van der Waals surface area contributed by atoms with Crippen LogP contribution in [0.4, 0.5) is 0 Å². The highest BCUT2D eigenvalue weighted by Gasteiger charge is 2.03. The molecule has 1 radical (unpaired) electrons. The van der Waals surface area contributed by atoms with Crippen molar-refractivity contribution in [2.24, 2.45) is 0 Å². The third-order valence-electron chi connectivity index (χ3n) is 1.90. The molecule has 11 heavy (non-hydrogen) atoms. The second kappa shape index (κ2) is 3.54. The van der Waals surface area contributed by atoms with Gasteiger partial charge in [-0.3, -0.25) is 5.73 Å². The molecule has 0 amide bonds. The van der Waals surface area contributed by atoms with Crippen molar-refractivity contribution < 1.29 is 0 Å². The quantitative estimate of drug-likeness (QED) is 0.615. The Morgan fingerprint density at radius 2 is 2.00 bits per heavy atom. The Kier molecular flexibility index (Phi) is 2.66. The van der Waals surface area contributed by atoms with Gasteiger partial charge in [-0.25, -0.2) is 0 Å². The van der Waals surface area contributed by atoms with Crippen LogP contribution in [0.2, 0.25) is 0 Å². The van der Waals surface area contributed by atoms with Crippen LogP contribution in [-0.2, 0) is 6.42 Å². The molecule has 0 aliphatic carbocycles. The predicted octanol–water partition coefficient (Wildman–Crippen LogP) is 2.59. The molecule has 1 N–H and O–H groups in total. The second-order valence-corrected chi connectivity index (χ2v) is 2.77. The van der Waals surface area contributed by atoms with Crippen molar-refractivity contribution in [3.05, 3.63) is 35.4 Å². The van der Waals surface area contributed by atoms with E-state index in [2.05, 4.69) is 13.0 Å². The van der Waals surface area contributed by atoms with Crippen LogP contribution in [-0.4, -0.2) is 0 Å². The average molecular weight is 148 g/mol. The lowest BCUT2D eigenvalue weighted by molar-refractivity contribution is 0.773. The summed E-state index contributed by atoms with van der Waals surface area (Å²) in [4.78, 5) is 0. The molecular formula is C10H14N. The SMILES string of the molecule is CCc1ccccc1C(C)[NH]. The molecule has 0 aliphatic rings. The average Bonchev–Trinajstić information content (AvgIpc) is 2.04. The van der Waals surface area contributed by atoms with Gasteiger partial charge in [-0.05, 0) is 24.5 Å². The molecule has 0 aliphatic heterocycles. The summed E-state index contributed by atoms with van der Waals surface area (Å²) >= 11 is 0. The maximum atomic E-state index is 7.56. The second-order valence-electron chi connectivity index (χ2n) is 2.77. The van der Waals surface area contributed by atoms with Crippen LogP contribution in [0.1, 0.15) is 31.0 Å². The number of benzene rings is 1. The number of hydrogen-bond donors (Lipinski definition) is 0. The van der Waals surface area contributed by atoms with Gasteiger partial charge in [0.2, 0.25) is 0 Å². The Bertz CT molecular complexity index is 228. The molecule has 1 aromatic rings. The zero-order valence-electron chi connectivity index (χ0n) is 7.09. The lowest BCUT2D eigenvalue weighted by Gasteiger charge is -2.09. The summed E-state index contributed by atoms with van der Waals surface area (Å²) in [6, 6.07) is 8.08. The maximum Gasteiger partial charge on any atom is 0.0437 e. The number of hydrogen-bond acceptors (Lipinski definition) is 0. The Morgan fingerprint density at radius 1 is 1.36 bits per heavy atom. The van der Waals surface area contributed by atoms with Crippen LogP contribution in [0.15, 0.2) is 24.3 Å². The van der Waals surface area contributed by atoms with Crippen molar-refractivity contribution >= 4 is 0 Å². The van der Waals surface area contributed by atoms with E-state index in [9.17, 15) is 0 Å². The number of aryl methyl sites for hydroxylation is 1. The monoisotopic (exact) mass is 148 g/mol. The minimum Gasteiger partial charge on any atom is -0.250 e. The van der Waals surface area contributed by atoms with Crippen molar-refractivity contribution in [2.75, 3.05) is 0 Å². The highest BCUT2D eigenvalue weighted by atomic mass is 14.6. The van der Waals surface area contributed by atoms with Gasteiger partial charge in [0.05, 0.1) is 0 Å². The fourth-order valence-corrected chi connectivity index (χ4v) is 1.28. The van der Waals surface area contributed by atoms with Crippen molar-refractivity contribution in [1.82, 2.24) is 5.73 Å². The summed E-state index contributed by atoms with van der Waals surface area (Å²) in [6.07, 6.45) is 1.03. The first-order valence-corrected chi connectivity index (χ1v) is 4.04. The summed E-state index contributed by atoms with van der Waals surface area (Å²) in [5.41, 5.74) is 10.0. The summed E-state index contributed by atoms with van der Waals surface area (Å²) in [7, 11) is 0. The standard InChI is InChI=1S/C10H14N/c1-3-9-6-4-5-7-10(9)8(2)11/h4-8,11H,3H2,1-2H3. The van der Waals surface area contributed by atoms with Gasteiger partial charge < -0.3 is 0 Å². The van der Waals surface area contributed by atoms with Gasteiger partial charge in [-0.2, -0.15) is 0 Å². The van der Waals surface area contributed by atoms with E-state index in [0.717, 1.165) is 12.0 Å². The highest BCUT2D eigenvalue weighted by molar-refractivity contribution is 5.29. The molecule has 0 fully saturated rings. The van der Waals surface area contributed by atoms with E-state index in [1.54, 1.807) is 0 Å². The Morgan fingerprint density at radius 3 is 2.45 bits per heavy atom. The summed E-state index contributed by atoms with van der Waals surface area (Å²) in [5.74, 6) is 0. The predicted molar refractivity (Wildman–Crippen MR) is 47.3 cm³/mol. The zero-order chi connectivity index (χ0) is 8.27. The molecule has 1 atom stereocenters. The van der Waals surface area contributed by atoms with E-state index in [-0.39, 0.29) is 6.04 Å². The van der Waals surface area contributed by atoms with Crippen LogP contribution in [0.3, 0.4) is 0 Å². The Labute approximate surface area is 68.2 Å². The Balaban J connectivity index is 3.02. The molecule has 1 unspecified atom stereocenters. The summed E-state index contributed by atoms with van der Waals surface area (Å²) in [5, 5.41) is 0. The molecule has 1 nitrogen and oxygen atoms in total. The molecule has 0 saturated heterocycles. The fraction of sp³-hybridized carbons (Fsp3) is 0.400. The highest BCUT2D eigenvalue weighted by Crippen LogP contribution is 2.16. The summed E-state index contributed by atoms with van der Waals surface area (Å²) < 4.78 is 0. The number of rotatable bonds is 2. The first-order chi connectivity index (χ1) is 5.25. The number of nitrogens with one attached hydrogen (secondary N) is 1. The van der Waals surface area contributed by atoms with Crippen molar-refractivity contribution in [2.45, 2.75) is 26.3 Å². The van der Waals surface area contributed by atoms with Crippen molar-refractivity contribution in [3.8, 4) is 0 Å². The van der Waals surface area contributed by atoms with Gasteiger partial charge >= 0.3 is 0 Å². The van der Waals surface area contributed by atoms with Crippen LogP contribution in [0, 0.1) is 0 Å². The lowest BCUT2D eigenvalue weighted by atomic mass is 10.0. The van der Waals surface area contributed by atoms with Gasteiger partial charge in [-0.1, -0.05) is 31.2 Å². The summed E-state index contributed by atoms with van der Waals surface area (Å²) in [6.45, 7) is 4.04. The van der Waals surface area contributed by atoms with E-state index in [1.165, 1.54) is 5.56 Å². The lowest BCUT2D eigenvalue weighted by Crippen LogP contribution is -1.97. The molecule has 0 aromatic heterocycles. The molecule has 1 aromatic carbocycles.